The van der Waals surface area contributed by atoms with Crippen LogP contribution in [-0.4, -0.2) is 15.5 Å². The first-order chi connectivity index (χ1) is 12.6. The molecule has 0 saturated heterocycles. The highest BCUT2D eigenvalue weighted by molar-refractivity contribution is 6.10. The largest absolute Gasteiger partial charge is 0.323 e. The molecule has 2 aromatic heterocycles. The fourth-order valence-corrected chi connectivity index (χ4v) is 3.09. The van der Waals surface area contributed by atoms with Gasteiger partial charge in [0.2, 0.25) is 0 Å². The molecule has 0 radical (unpaired) electrons. The number of aryl methyl sites for hydroxylation is 2. The maximum absolute atomic E-state index is 13.1. The average Bonchev–Trinajstić information content (AvgIpc) is 3.18. The van der Waals surface area contributed by atoms with Crippen molar-refractivity contribution in [2.45, 2.75) is 13.8 Å². The third-order valence-corrected chi connectivity index (χ3v) is 4.62. The molecule has 26 heavy (non-hydrogen) atoms. The van der Waals surface area contributed by atoms with E-state index in [1.165, 1.54) is 0 Å². The molecule has 0 aliphatic carbocycles. The summed E-state index contributed by atoms with van der Waals surface area (Å²) in [5.41, 5.74) is 5.24. The summed E-state index contributed by atoms with van der Waals surface area (Å²) in [6, 6.07) is 17.6. The number of benzene rings is 2. The Morgan fingerprint density at radius 2 is 1.69 bits per heavy atom. The van der Waals surface area contributed by atoms with Crippen molar-refractivity contribution >= 4 is 22.5 Å². The van der Waals surface area contributed by atoms with E-state index in [2.05, 4.69) is 17.2 Å². The van der Waals surface area contributed by atoms with Crippen LogP contribution in [0.15, 0.2) is 73.2 Å². The van der Waals surface area contributed by atoms with Crippen molar-refractivity contribution in [2.75, 3.05) is 5.32 Å². The molecule has 1 amide bonds. The lowest BCUT2D eigenvalue weighted by Crippen LogP contribution is -2.16. The van der Waals surface area contributed by atoms with E-state index >= 15 is 0 Å². The van der Waals surface area contributed by atoms with Gasteiger partial charge in [0.05, 0.1) is 22.5 Å². The van der Waals surface area contributed by atoms with E-state index in [9.17, 15) is 4.79 Å². The predicted molar refractivity (Wildman–Crippen MR) is 105 cm³/mol. The van der Waals surface area contributed by atoms with Crippen molar-refractivity contribution in [1.82, 2.24) is 9.55 Å². The third-order valence-electron chi connectivity index (χ3n) is 4.62. The lowest BCUT2D eigenvalue weighted by atomic mass is 10.0. The van der Waals surface area contributed by atoms with Gasteiger partial charge in [-0.1, -0.05) is 18.2 Å². The second-order valence-electron chi connectivity index (χ2n) is 6.38. The molecular formula is C22H19N3O. The van der Waals surface area contributed by atoms with Crippen molar-refractivity contribution in [3.8, 4) is 5.69 Å². The molecule has 0 unspecified atom stereocenters. The van der Waals surface area contributed by atoms with Gasteiger partial charge in [-0.2, -0.15) is 0 Å². The van der Waals surface area contributed by atoms with Crippen LogP contribution < -0.4 is 5.32 Å². The molecule has 2 heterocycles. The minimum Gasteiger partial charge on any atom is -0.323 e. The molecule has 0 saturated carbocycles. The van der Waals surface area contributed by atoms with Gasteiger partial charge in [-0.25, -0.2) is 0 Å². The van der Waals surface area contributed by atoms with Gasteiger partial charge in [0.25, 0.3) is 5.91 Å². The molecule has 0 aliphatic heterocycles. The van der Waals surface area contributed by atoms with E-state index in [1.54, 1.807) is 6.20 Å². The van der Waals surface area contributed by atoms with Gasteiger partial charge in [0, 0.05) is 24.0 Å². The summed E-state index contributed by atoms with van der Waals surface area (Å²) in [4.78, 5) is 17.5. The third kappa shape index (κ3) is 2.86. The van der Waals surface area contributed by atoms with Crippen LogP contribution in [0.1, 0.15) is 21.5 Å². The van der Waals surface area contributed by atoms with Gasteiger partial charge >= 0.3 is 0 Å². The average molecular weight is 341 g/mol. The molecular weight excluding hydrogens is 322 g/mol. The lowest BCUT2D eigenvalue weighted by molar-refractivity contribution is 0.102. The van der Waals surface area contributed by atoms with Crippen LogP contribution in [0.3, 0.4) is 0 Å². The smallest absolute Gasteiger partial charge is 0.257 e. The Balaban J connectivity index is 1.78. The number of carbonyl (C=O) groups excluding carboxylic acids is 1. The molecule has 128 valence electrons. The number of carbonyl (C=O) groups is 1. The summed E-state index contributed by atoms with van der Waals surface area (Å²) >= 11 is 0. The summed E-state index contributed by atoms with van der Waals surface area (Å²) in [6.07, 6.45) is 5.62. The van der Waals surface area contributed by atoms with Crippen molar-refractivity contribution in [3.05, 3.63) is 89.9 Å². The minimum atomic E-state index is -0.144. The van der Waals surface area contributed by atoms with E-state index in [4.69, 9.17) is 0 Å². The van der Waals surface area contributed by atoms with E-state index in [-0.39, 0.29) is 5.91 Å². The fourth-order valence-electron chi connectivity index (χ4n) is 3.09. The Morgan fingerprint density at radius 3 is 2.50 bits per heavy atom. The Hall–Kier alpha value is -3.40. The molecule has 0 fully saturated rings. The molecule has 1 N–H and O–H groups in total. The Morgan fingerprint density at radius 1 is 0.962 bits per heavy atom. The number of anilines is 1. The first-order valence-electron chi connectivity index (χ1n) is 8.53. The number of hydrogen-bond acceptors (Lipinski definition) is 2. The van der Waals surface area contributed by atoms with Crippen molar-refractivity contribution < 1.29 is 4.79 Å². The summed E-state index contributed by atoms with van der Waals surface area (Å²) in [5.74, 6) is -0.144. The number of rotatable bonds is 3. The topological polar surface area (TPSA) is 46.9 Å². The van der Waals surface area contributed by atoms with Crippen molar-refractivity contribution in [2.24, 2.45) is 0 Å². The Kier molecular flexibility index (Phi) is 4.01. The van der Waals surface area contributed by atoms with Crippen LogP contribution in [0.5, 0.6) is 0 Å². The van der Waals surface area contributed by atoms with Gasteiger partial charge < -0.3 is 9.88 Å². The first-order valence-corrected chi connectivity index (χ1v) is 8.53. The normalized spacial score (nSPS) is 10.8. The van der Waals surface area contributed by atoms with E-state index in [0.717, 1.165) is 27.7 Å². The maximum atomic E-state index is 13.1. The van der Waals surface area contributed by atoms with Gasteiger partial charge in [-0.3, -0.25) is 9.78 Å². The zero-order valence-corrected chi connectivity index (χ0v) is 14.7. The molecule has 4 aromatic rings. The number of para-hydroxylation sites is 1. The fraction of sp³-hybridized carbons (Fsp3) is 0.0909. The van der Waals surface area contributed by atoms with Gasteiger partial charge in [0.15, 0.2) is 0 Å². The number of nitrogens with one attached hydrogen (secondary N) is 1. The standard InChI is InChI=1S/C22H19N3O/c1-15-13-18(20(14-16(15)2)25-11-3-4-12-25)22(26)24-19-9-5-7-17-8-6-10-23-21(17)19/h3-14H,1-2H3,(H,24,26). The number of pyridine rings is 1. The maximum Gasteiger partial charge on any atom is 0.257 e. The second kappa shape index (κ2) is 6.48. The summed E-state index contributed by atoms with van der Waals surface area (Å²) in [5, 5.41) is 4.03. The number of amides is 1. The highest BCUT2D eigenvalue weighted by Crippen LogP contribution is 2.24. The Bertz CT molecular complexity index is 1090. The SMILES string of the molecule is Cc1cc(C(=O)Nc2cccc3cccnc23)c(-n2cccc2)cc1C. The number of aromatic nitrogens is 2. The zero-order valence-electron chi connectivity index (χ0n) is 14.7. The van der Waals surface area contributed by atoms with Crippen LogP contribution in [-0.2, 0) is 0 Å². The first kappa shape index (κ1) is 16.1. The number of hydrogen-bond donors (Lipinski definition) is 1. The predicted octanol–water partition coefficient (Wildman–Crippen LogP) is 4.89. The number of nitrogens with zero attached hydrogens (tertiary/aromatic N) is 2. The van der Waals surface area contributed by atoms with Crippen molar-refractivity contribution in [1.29, 1.82) is 0 Å². The Labute approximate surface area is 152 Å². The highest BCUT2D eigenvalue weighted by Gasteiger charge is 2.16. The van der Waals surface area contributed by atoms with Crippen LogP contribution in [0.4, 0.5) is 5.69 Å². The van der Waals surface area contributed by atoms with Crippen LogP contribution in [0.25, 0.3) is 16.6 Å². The lowest BCUT2D eigenvalue weighted by Gasteiger charge is -2.15. The molecule has 4 nitrogen and oxygen atoms in total. The quantitative estimate of drug-likeness (QED) is 0.576. The van der Waals surface area contributed by atoms with Crippen molar-refractivity contribution in [3.63, 3.8) is 0 Å². The molecule has 4 heteroatoms. The zero-order chi connectivity index (χ0) is 18.1. The monoisotopic (exact) mass is 341 g/mol. The molecule has 2 aromatic carbocycles. The molecule has 0 atom stereocenters. The van der Waals surface area contributed by atoms with Crippen LogP contribution in [0, 0.1) is 13.8 Å². The summed E-state index contributed by atoms with van der Waals surface area (Å²) in [7, 11) is 0. The number of fused-ring (bicyclic) bond motifs is 1. The van der Waals surface area contributed by atoms with Crippen LogP contribution >= 0.6 is 0 Å². The van der Waals surface area contributed by atoms with E-state index < -0.39 is 0 Å². The van der Waals surface area contributed by atoms with E-state index in [1.807, 2.05) is 78.5 Å². The summed E-state index contributed by atoms with van der Waals surface area (Å²) < 4.78 is 1.96. The van der Waals surface area contributed by atoms with Gasteiger partial charge in [-0.05, 0) is 61.4 Å². The molecule has 0 aliphatic rings. The van der Waals surface area contributed by atoms with Gasteiger partial charge in [-0.15, -0.1) is 0 Å². The van der Waals surface area contributed by atoms with E-state index in [0.29, 0.717) is 11.3 Å². The second-order valence-corrected chi connectivity index (χ2v) is 6.38. The summed E-state index contributed by atoms with van der Waals surface area (Å²) in [6.45, 7) is 4.07. The minimum absolute atomic E-state index is 0.144. The highest BCUT2D eigenvalue weighted by atomic mass is 16.1. The molecule has 0 bridgehead atoms. The van der Waals surface area contributed by atoms with Gasteiger partial charge in [0.1, 0.15) is 0 Å². The molecule has 4 rings (SSSR count). The van der Waals surface area contributed by atoms with Crippen LogP contribution in [0.2, 0.25) is 0 Å². The molecule has 0 spiro atoms.